The van der Waals surface area contributed by atoms with Crippen molar-refractivity contribution in [1.82, 2.24) is 5.32 Å². The highest BCUT2D eigenvalue weighted by Gasteiger charge is 2.50. The summed E-state index contributed by atoms with van der Waals surface area (Å²) >= 11 is 0. The monoisotopic (exact) mass is 322 g/mol. The first kappa shape index (κ1) is 15.5. The Bertz CT molecular complexity index is 608. The van der Waals surface area contributed by atoms with Gasteiger partial charge in [0.2, 0.25) is 5.96 Å². The Labute approximate surface area is 144 Å². The van der Waals surface area contributed by atoms with Gasteiger partial charge in [-0.05, 0) is 80.2 Å². The molecule has 5 rings (SSSR count). The predicted molar refractivity (Wildman–Crippen MR) is 96.3 cm³/mol. The van der Waals surface area contributed by atoms with Crippen LogP contribution in [0.15, 0.2) is 35.3 Å². The number of anilines is 1. The summed E-state index contributed by atoms with van der Waals surface area (Å²) in [5.74, 6) is 3.52. The fourth-order valence-corrected chi connectivity index (χ4v) is 5.82. The lowest BCUT2D eigenvalue weighted by molar-refractivity contribution is -0.0556. The summed E-state index contributed by atoms with van der Waals surface area (Å²) in [7, 11) is 0. The molecule has 1 aromatic carbocycles. The van der Waals surface area contributed by atoms with Gasteiger partial charge in [0.1, 0.15) is 0 Å². The van der Waals surface area contributed by atoms with Gasteiger partial charge in [-0.2, -0.15) is 5.26 Å². The van der Waals surface area contributed by atoms with Gasteiger partial charge in [-0.3, -0.25) is 10.3 Å². The van der Waals surface area contributed by atoms with Crippen molar-refractivity contribution in [2.75, 3.05) is 11.9 Å². The largest absolute Gasteiger partial charge is 0.326 e. The van der Waals surface area contributed by atoms with Gasteiger partial charge in [0.05, 0.1) is 0 Å². The average Bonchev–Trinajstić information content (AvgIpc) is 2.54. The van der Waals surface area contributed by atoms with Crippen LogP contribution in [-0.2, 0) is 0 Å². The van der Waals surface area contributed by atoms with Crippen LogP contribution in [0.4, 0.5) is 5.69 Å². The number of hydrogen-bond donors (Lipinski definition) is 2. The highest BCUT2D eigenvalue weighted by Crippen LogP contribution is 2.61. The summed E-state index contributed by atoms with van der Waals surface area (Å²) in [5, 5.41) is 14.9. The number of para-hydroxylation sites is 1. The maximum Gasteiger partial charge on any atom is 0.209 e. The lowest BCUT2D eigenvalue weighted by Crippen LogP contribution is -2.46. The molecule has 0 atom stereocenters. The van der Waals surface area contributed by atoms with E-state index in [1.807, 2.05) is 36.5 Å². The summed E-state index contributed by atoms with van der Waals surface area (Å²) in [6.07, 6.45) is 11.9. The number of nitrogens with one attached hydrogen (secondary N) is 2. The molecule has 4 heteroatoms. The van der Waals surface area contributed by atoms with Crippen LogP contribution in [0.5, 0.6) is 0 Å². The van der Waals surface area contributed by atoms with Crippen LogP contribution in [-0.4, -0.2) is 12.5 Å². The Morgan fingerprint density at radius 2 is 1.71 bits per heavy atom. The number of rotatable bonds is 4. The summed E-state index contributed by atoms with van der Waals surface area (Å²) in [6.45, 7) is 0.802. The Morgan fingerprint density at radius 1 is 1.08 bits per heavy atom. The van der Waals surface area contributed by atoms with E-state index in [9.17, 15) is 0 Å². The Kier molecular flexibility index (Phi) is 4.18. The number of nitriles is 1. The molecule has 0 unspecified atom stereocenters. The zero-order valence-corrected chi connectivity index (χ0v) is 14.2. The molecule has 126 valence electrons. The molecule has 0 aromatic heterocycles. The molecule has 0 amide bonds. The topological polar surface area (TPSA) is 60.2 Å². The standard InChI is InChI=1S/C20H26N4/c21-14-23-19(24-18-4-2-1-3-5-18)22-7-6-20-11-15-8-16(12-20)10-17(9-15)13-20/h1-5,15-17H,6-13H2,(H2,22,23,24). The minimum Gasteiger partial charge on any atom is -0.326 e. The number of aliphatic imine (C=N–C) groups is 1. The molecule has 4 aliphatic carbocycles. The van der Waals surface area contributed by atoms with Crippen LogP contribution >= 0.6 is 0 Å². The summed E-state index contributed by atoms with van der Waals surface area (Å²) in [5.41, 5.74) is 1.50. The molecule has 4 aliphatic rings. The van der Waals surface area contributed by atoms with Gasteiger partial charge < -0.3 is 5.32 Å². The van der Waals surface area contributed by atoms with E-state index >= 15 is 0 Å². The van der Waals surface area contributed by atoms with Crippen molar-refractivity contribution in [1.29, 1.82) is 5.26 Å². The molecule has 24 heavy (non-hydrogen) atoms. The summed E-state index contributed by atoms with van der Waals surface area (Å²) in [4.78, 5) is 4.66. The van der Waals surface area contributed by atoms with Crippen molar-refractivity contribution in [3.8, 4) is 6.19 Å². The smallest absolute Gasteiger partial charge is 0.209 e. The van der Waals surface area contributed by atoms with Crippen LogP contribution in [0.1, 0.15) is 44.9 Å². The van der Waals surface area contributed by atoms with Gasteiger partial charge in [0.25, 0.3) is 0 Å². The molecule has 0 spiro atoms. The SMILES string of the molecule is N#CNC(=NCCC12CC3CC(CC(C3)C1)C2)Nc1ccccc1. The van der Waals surface area contributed by atoms with Gasteiger partial charge in [0, 0.05) is 12.2 Å². The van der Waals surface area contributed by atoms with Crippen molar-refractivity contribution >= 4 is 11.6 Å². The molecule has 4 bridgehead atoms. The molecule has 4 saturated carbocycles. The van der Waals surface area contributed by atoms with Crippen LogP contribution in [0, 0.1) is 34.6 Å². The van der Waals surface area contributed by atoms with Crippen molar-refractivity contribution < 1.29 is 0 Å². The maximum absolute atomic E-state index is 8.96. The highest BCUT2D eigenvalue weighted by atomic mass is 15.2. The third kappa shape index (κ3) is 3.26. The summed E-state index contributed by atoms with van der Waals surface area (Å²) < 4.78 is 0. The van der Waals surface area contributed by atoms with E-state index in [1.165, 1.54) is 44.9 Å². The number of guanidine groups is 1. The second-order valence-corrected chi connectivity index (χ2v) is 8.13. The van der Waals surface area contributed by atoms with Gasteiger partial charge in [-0.25, -0.2) is 0 Å². The normalized spacial score (nSPS) is 34.0. The third-order valence-corrected chi connectivity index (χ3v) is 6.29. The Balaban J connectivity index is 1.39. The van der Waals surface area contributed by atoms with Crippen molar-refractivity contribution in [3.05, 3.63) is 30.3 Å². The van der Waals surface area contributed by atoms with Gasteiger partial charge in [0.15, 0.2) is 6.19 Å². The number of benzene rings is 1. The molecular formula is C20H26N4. The van der Waals surface area contributed by atoms with E-state index in [-0.39, 0.29) is 0 Å². The van der Waals surface area contributed by atoms with Gasteiger partial charge in [-0.1, -0.05) is 18.2 Å². The van der Waals surface area contributed by atoms with Crippen LogP contribution < -0.4 is 10.6 Å². The van der Waals surface area contributed by atoms with Crippen LogP contribution in [0.3, 0.4) is 0 Å². The van der Waals surface area contributed by atoms with Crippen molar-refractivity contribution in [2.45, 2.75) is 44.9 Å². The Hall–Kier alpha value is -2.02. The molecule has 0 heterocycles. The highest BCUT2D eigenvalue weighted by molar-refractivity contribution is 5.94. The number of nitrogens with zero attached hydrogens (tertiary/aromatic N) is 2. The zero-order valence-electron chi connectivity index (χ0n) is 14.2. The molecule has 0 saturated heterocycles. The second-order valence-electron chi connectivity index (χ2n) is 8.13. The van der Waals surface area contributed by atoms with Crippen molar-refractivity contribution in [3.63, 3.8) is 0 Å². The molecular weight excluding hydrogens is 296 g/mol. The lowest BCUT2D eigenvalue weighted by Gasteiger charge is -2.57. The van der Waals surface area contributed by atoms with E-state index < -0.39 is 0 Å². The quantitative estimate of drug-likeness (QED) is 0.379. The van der Waals surface area contributed by atoms with E-state index in [0.717, 1.165) is 30.0 Å². The first-order chi connectivity index (χ1) is 11.7. The number of hydrogen-bond acceptors (Lipinski definition) is 2. The zero-order chi connectivity index (χ0) is 16.4. The lowest BCUT2D eigenvalue weighted by atomic mass is 9.49. The molecule has 4 fully saturated rings. The predicted octanol–water partition coefficient (Wildman–Crippen LogP) is 4.13. The fourth-order valence-electron chi connectivity index (χ4n) is 5.82. The second kappa shape index (κ2) is 6.47. The maximum atomic E-state index is 8.96. The van der Waals surface area contributed by atoms with Crippen LogP contribution in [0.25, 0.3) is 0 Å². The molecule has 4 nitrogen and oxygen atoms in total. The molecule has 2 N–H and O–H groups in total. The fraction of sp³-hybridized carbons (Fsp3) is 0.600. The molecule has 0 radical (unpaired) electrons. The first-order valence-electron chi connectivity index (χ1n) is 9.26. The van der Waals surface area contributed by atoms with Crippen LogP contribution in [0.2, 0.25) is 0 Å². The summed E-state index contributed by atoms with van der Waals surface area (Å²) in [6, 6.07) is 9.89. The first-order valence-corrected chi connectivity index (χ1v) is 9.26. The van der Waals surface area contributed by atoms with E-state index in [0.29, 0.717) is 11.4 Å². The van der Waals surface area contributed by atoms with Gasteiger partial charge in [-0.15, -0.1) is 0 Å². The van der Waals surface area contributed by atoms with E-state index in [4.69, 9.17) is 5.26 Å². The van der Waals surface area contributed by atoms with E-state index in [2.05, 4.69) is 15.6 Å². The minimum absolute atomic E-state index is 0.544. The van der Waals surface area contributed by atoms with E-state index in [1.54, 1.807) is 0 Å². The van der Waals surface area contributed by atoms with Crippen molar-refractivity contribution in [2.24, 2.45) is 28.2 Å². The third-order valence-electron chi connectivity index (χ3n) is 6.29. The average molecular weight is 322 g/mol. The minimum atomic E-state index is 0.544. The van der Waals surface area contributed by atoms with Gasteiger partial charge >= 0.3 is 0 Å². The Morgan fingerprint density at radius 3 is 2.29 bits per heavy atom. The molecule has 1 aromatic rings. The molecule has 0 aliphatic heterocycles.